The molecule has 0 spiro atoms. The first-order valence-corrected chi connectivity index (χ1v) is 20.8. The molecule has 312 valence electrons. The number of aliphatic imine (C=N–C) groups is 3. The fourth-order valence-corrected chi connectivity index (χ4v) is 8.09. The Kier molecular flexibility index (Phi) is 15.0. The van der Waals surface area contributed by atoms with Crippen molar-refractivity contribution in [2.24, 2.45) is 20.9 Å². The summed E-state index contributed by atoms with van der Waals surface area (Å²) in [6.07, 6.45) is 20.7. The van der Waals surface area contributed by atoms with Gasteiger partial charge >= 0.3 is 11.9 Å². The van der Waals surface area contributed by atoms with Crippen molar-refractivity contribution in [2.75, 3.05) is 0 Å². The molecule has 2 unspecified atom stereocenters. The molecule has 5 heterocycles. The molecule has 0 aliphatic carbocycles. The number of carboxylic acids is 2. The molecule has 2 atom stereocenters. The van der Waals surface area contributed by atoms with Gasteiger partial charge in [-0.3, -0.25) is 9.59 Å². The second-order valence-corrected chi connectivity index (χ2v) is 16.4. The maximum absolute atomic E-state index is 11.9. The van der Waals surface area contributed by atoms with Gasteiger partial charge in [0.05, 0.1) is 46.6 Å². The van der Waals surface area contributed by atoms with Gasteiger partial charge in [-0.2, -0.15) is 0 Å². The zero-order chi connectivity index (χ0) is 43.0. The summed E-state index contributed by atoms with van der Waals surface area (Å²) in [7, 11) is 0. The summed E-state index contributed by atoms with van der Waals surface area (Å²) in [5.41, 5.74) is 11.7. The van der Waals surface area contributed by atoms with Crippen LogP contribution in [0.3, 0.4) is 0 Å². The second kappa shape index (κ2) is 19.9. The van der Waals surface area contributed by atoms with E-state index in [0.29, 0.717) is 57.7 Å². The Labute approximate surface area is 348 Å². The van der Waals surface area contributed by atoms with Gasteiger partial charge in [-0.15, -0.1) is 0 Å². The number of aliphatic hydroxyl groups is 2. The van der Waals surface area contributed by atoms with Gasteiger partial charge in [0.1, 0.15) is 0 Å². The summed E-state index contributed by atoms with van der Waals surface area (Å²) in [5, 5.41) is 43.3. The van der Waals surface area contributed by atoms with Crippen molar-refractivity contribution in [3.05, 3.63) is 121 Å². The number of rotatable bonds is 18. The Balaban J connectivity index is 1.55. The van der Waals surface area contributed by atoms with Crippen molar-refractivity contribution in [2.45, 2.75) is 125 Å². The van der Waals surface area contributed by atoms with Crippen LogP contribution in [0.25, 0.3) is 18.2 Å². The number of fused-ring (bicyclic) bond motifs is 5. The largest absolute Gasteiger partial charge is 0.515 e. The molecule has 10 nitrogen and oxygen atoms in total. The number of nitrogens with zero attached hydrogens (tertiary/aromatic N) is 3. The van der Waals surface area contributed by atoms with Gasteiger partial charge in [-0.25, -0.2) is 15.0 Å². The van der Waals surface area contributed by atoms with Crippen molar-refractivity contribution in [3.8, 4) is 0 Å². The maximum atomic E-state index is 11.9. The Morgan fingerprint density at radius 1 is 0.780 bits per heavy atom. The number of carboxylic acid groups (broad SMARTS) is 2. The van der Waals surface area contributed by atoms with Crippen LogP contribution in [0.15, 0.2) is 114 Å². The van der Waals surface area contributed by atoms with E-state index in [1.54, 1.807) is 18.2 Å². The average Bonchev–Trinajstić information content (AvgIpc) is 3.85. The molecule has 59 heavy (non-hydrogen) atoms. The van der Waals surface area contributed by atoms with Crippen molar-refractivity contribution in [1.29, 1.82) is 0 Å². The van der Waals surface area contributed by atoms with E-state index >= 15 is 0 Å². The molecule has 0 radical (unpaired) electrons. The molecule has 5 N–H and O–H groups in total. The average molecular weight is 801 g/mol. The van der Waals surface area contributed by atoms with Crippen LogP contribution in [0.1, 0.15) is 123 Å². The topological polar surface area (TPSA) is 168 Å². The lowest BCUT2D eigenvalue weighted by Crippen LogP contribution is -2.20. The minimum Gasteiger partial charge on any atom is -0.515 e. The van der Waals surface area contributed by atoms with Gasteiger partial charge in [0.2, 0.25) is 0 Å². The molecule has 4 aliphatic rings. The first-order chi connectivity index (χ1) is 28.1. The standard InChI is InChI=1S/C49H60N4O6/c1-9-34-31(6)39-25-45-49(46(55)18-12-17-30(5)16-11-15-29(4)14-10-13-28(2)3)33(8)40(52-45)24-44-37(27-54)36(20-22-48(58)59)43(53-44)26-42-35(19-21-47(56)57)32(7)38(51-42)23-41(34)50-39/h9,13,15,23-27,30,46,50,54-55H,1,10-12,14,16-22H2,2-8H3,(H,56,57)(H,58,59)/b29-15+,37-27?,39-25?,40-24?,41-23?,42-26?. The number of nitrogens with one attached hydrogen (secondary N) is 1. The van der Waals surface area contributed by atoms with E-state index < -0.39 is 18.0 Å². The number of H-pyrrole nitrogens is 1. The molecule has 1 aromatic heterocycles. The zero-order valence-corrected chi connectivity index (χ0v) is 35.7. The molecule has 0 fully saturated rings. The van der Waals surface area contributed by atoms with Crippen molar-refractivity contribution >= 4 is 47.3 Å². The van der Waals surface area contributed by atoms with Crippen molar-refractivity contribution in [1.82, 2.24) is 4.98 Å². The lowest BCUT2D eigenvalue weighted by Gasteiger charge is -2.16. The number of hydrogen-bond acceptors (Lipinski definition) is 7. The van der Waals surface area contributed by atoms with E-state index in [-0.39, 0.29) is 25.7 Å². The van der Waals surface area contributed by atoms with Crippen molar-refractivity contribution in [3.63, 3.8) is 0 Å². The molecule has 0 amide bonds. The van der Waals surface area contributed by atoms with E-state index in [4.69, 9.17) is 15.0 Å². The number of carbonyl (C=O) groups is 2. The number of aromatic amines is 1. The van der Waals surface area contributed by atoms with Crippen LogP contribution < -0.4 is 10.7 Å². The predicted octanol–water partition coefficient (Wildman–Crippen LogP) is 9.37. The van der Waals surface area contributed by atoms with E-state index in [9.17, 15) is 30.0 Å². The third-order valence-electron chi connectivity index (χ3n) is 11.6. The van der Waals surface area contributed by atoms with Gasteiger partial charge in [0, 0.05) is 40.2 Å². The predicted molar refractivity (Wildman–Crippen MR) is 240 cm³/mol. The fraction of sp³-hybridized carbons (Fsp3) is 0.408. The lowest BCUT2D eigenvalue weighted by molar-refractivity contribution is -0.137. The minimum absolute atomic E-state index is 0.0888. The molecule has 5 rings (SSSR count). The maximum Gasteiger partial charge on any atom is 0.303 e. The van der Waals surface area contributed by atoms with Gasteiger partial charge in [-0.1, -0.05) is 55.7 Å². The molecular weight excluding hydrogens is 741 g/mol. The van der Waals surface area contributed by atoms with Gasteiger partial charge < -0.3 is 25.4 Å². The number of hydrogen-bond donors (Lipinski definition) is 5. The molecule has 0 saturated heterocycles. The van der Waals surface area contributed by atoms with Crippen LogP contribution in [-0.4, -0.2) is 60.6 Å². The van der Waals surface area contributed by atoms with Crippen LogP contribution >= 0.6 is 0 Å². The minimum atomic E-state index is -0.996. The summed E-state index contributed by atoms with van der Waals surface area (Å²) in [6.45, 7) is 18.7. The second-order valence-electron chi connectivity index (χ2n) is 16.4. The summed E-state index contributed by atoms with van der Waals surface area (Å²) in [6, 6.07) is 0. The van der Waals surface area contributed by atoms with Crippen LogP contribution in [-0.2, 0) is 9.59 Å². The third kappa shape index (κ3) is 10.9. The van der Waals surface area contributed by atoms with Crippen LogP contribution in [0.5, 0.6) is 0 Å². The highest BCUT2D eigenvalue weighted by Crippen LogP contribution is 2.38. The highest BCUT2D eigenvalue weighted by atomic mass is 16.4. The number of allylic oxidation sites excluding steroid dienone is 11. The Bertz CT molecular complexity index is 2380. The molecule has 0 aromatic carbocycles. The molecule has 4 aliphatic heterocycles. The number of aliphatic hydroxyl groups excluding tert-OH is 2. The molecule has 1 aromatic rings. The molecule has 10 heteroatoms. The highest BCUT2D eigenvalue weighted by Gasteiger charge is 2.30. The van der Waals surface area contributed by atoms with Crippen LogP contribution in [0.4, 0.5) is 0 Å². The van der Waals surface area contributed by atoms with E-state index in [0.717, 1.165) is 88.9 Å². The Morgan fingerprint density at radius 3 is 2.12 bits per heavy atom. The number of aromatic nitrogens is 1. The van der Waals surface area contributed by atoms with Gasteiger partial charge in [0.15, 0.2) is 0 Å². The third-order valence-corrected chi connectivity index (χ3v) is 11.6. The summed E-state index contributed by atoms with van der Waals surface area (Å²) < 4.78 is 0. The molecule has 8 bridgehead atoms. The Morgan fingerprint density at radius 2 is 1.46 bits per heavy atom. The highest BCUT2D eigenvalue weighted by molar-refractivity contribution is 6.25. The van der Waals surface area contributed by atoms with Gasteiger partial charge in [0.25, 0.3) is 0 Å². The summed E-state index contributed by atoms with van der Waals surface area (Å²) in [5.74, 6) is -1.42. The van der Waals surface area contributed by atoms with E-state index in [1.807, 2.05) is 32.9 Å². The van der Waals surface area contributed by atoms with E-state index in [1.165, 1.54) is 11.1 Å². The normalized spacial score (nSPS) is 18.2. The fourth-order valence-electron chi connectivity index (χ4n) is 8.09. The SMILES string of the molecule is C=Cc1c(C)c2[nH]c1=CC1=NC(=CC3=C(CCC(=O)O)C(=CO)C(=N3)C=C3N=C(C=2)C(C(O)CCCC(C)CC/C=C(\C)CCC=C(C)C)=C3C)C(CCC(=O)O)=C1C. The zero-order valence-electron chi connectivity index (χ0n) is 35.7. The smallest absolute Gasteiger partial charge is 0.303 e. The lowest BCUT2D eigenvalue weighted by atomic mass is 9.92. The van der Waals surface area contributed by atoms with Crippen LogP contribution in [0, 0.1) is 12.8 Å². The Hall–Kier alpha value is -5.61. The first kappa shape index (κ1) is 44.5. The first-order valence-electron chi connectivity index (χ1n) is 20.8. The van der Waals surface area contributed by atoms with Gasteiger partial charge in [-0.05, 0) is 145 Å². The molecular formula is C49H60N4O6. The monoisotopic (exact) mass is 800 g/mol. The molecule has 0 saturated carbocycles. The quantitative estimate of drug-likeness (QED) is 0.0733. The summed E-state index contributed by atoms with van der Waals surface area (Å²) in [4.78, 5) is 42.0. The van der Waals surface area contributed by atoms with Crippen molar-refractivity contribution < 1.29 is 30.0 Å². The summed E-state index contributed by atoms with van der Waals surface area (Å²) >= 11 is 0. The number of aliphatic carboxylic acids is 2. The van der Waals surface area contributed by atoms with Crippen LogP contribution in [0.2, 0.25) is 0 Å². The van der Waals surface area contributed by atoms with E-state index in [2.05, 4.69) is 51.4 Å².